The smallest absolute Gasteiger partial charge is 0.318 e. The van der Waals surface area contributed by atoms with Crippen LogP contribution >= 0.6 is 0 Å². The first-order valence-corrected chi connectivity index (χ1v) is 7.82. The monoisotopic (exact) mass is 299 g/mol. The van der Waals surface area contributed by atoms with Gasteiger partial charge in [-0.15, -0.1) is 0 Å². The highest BCUT2D eigenvalue weighted by atomic mass is 16.5. The van der Waals surface area contributed by atoms with Crippen LogP contribution in [0.1, 0.15) is 42.8 Å². The molecule has 1 saturated heterocycles. The highest BCUT2D eigenvalue weighted by molar-refractivity contribution is 5.75. The second-order valence-electron chi connectivity index (χ2n) is 5.57. The van der Waals surface area contributed by atoms with E-state index in [4.69, 9.17) is 4.52 Å². The van der Waals surface area contributed by atoms with Crippen molar-refractivity contribution in [2.45, 2.75) is 38.8 Å². The number of nitrogens with one attached hydrogen (secondary N) is 1. The van der Waals surface area contributed by atoms with Crippen molar-refractivity contribution in [3.63, 3.8) is 0 Å². The van der Waals surface area contributed by atoms with E-state index in [1.807, 2.05) is 48.2 Å². The number of rotatable bonds is 4. The zero-order valence-corrected chi connectivity index (χ0v) is 12.8. The molecule has 116 valence electrons. The Hall–Kier alpha value is -2.30. The van der Waals surface area contributed by atoms with Gasteiger partial charge in [0, 0.05) is 19.2 Å². The molecule has 1 fully saturated rings. The van der Waals surface area contributed by atoms with Gasteiger partial charge in [-0.05, 0) is 24.8 Å². The van der Waals surface area contributed by atoms with E-state index in [0.29, 0.717) is 6.54 Å². The minimum atomic E-state index is -0.0409. The van der Waals surface area contributed by atoms with Gasteiger partial charge in [-0.2, -0.15) is 0 Å². The Bertz CT molecular complexity index is 624. The number of aromatic nitrogens is 1. The van der Waals surface area contributed by atoms with Gasteiger partial charge in [0.1, 0.15) is 0 Å². The Balaban J connectivity index is 1.63. The Kier molecular flexibility index (Phi) is 4.42. The van der Waals surface area contributed by atoms with Crippen LogP contribution in [-0.2, 0) is 13.0 Å². The van der Waals surface area contributed by atoms with Crippen LogP contribution in [0.15, 0.2) is 40.9 Å². The van der Waals surface area contributed by atoms with Crippen LogP contribution in [0, 0.1) is 0 Å². The first kappa shape index (κ1) is 14.6. The quantitative estimate of drug-likeness (QED) is 0.942. The van der Waals surface area contributed by atoms with Crippen molar-refractivity contribution in [2.75, 3.05) is 6.54 Å². The molecule has 1 aliphatic heterocycles. The molecule has 1 aromatic carbocycles. The van der Waals surface area contributed by atoms with Crippen molar-refractivity contribution in [1.29, 1.82) is 0 Å². The fourth-order valence-corrected chi connectivity index (χ4v) is 2.83. The summed E-state index contributed by atoms with van der Waals surface area (Å²) < 4.78 is 5.41. The number of carbonyl (C=O) groups is 1. The fourth-order valence-electron chi connectivity index (χ4n) is 2.83. The van der Waals surface area contributed by atoms with Crippen molar-refractivity contribution in [3.8, 4) is 0 Å². The molecule has 0 bridgehead atoms. The standard InChI is InChI=1S/C17H21N3O2/c1-2-14-11-16(22-19-14)15-9-6-10-20(15)17(21)18-12-13-7-4-3-5-8-13/h3-5,7-8,11,15H,2,6,9-10,12H2,1H3,(H,18,21)/t15-/m1/s1. The number of amides is 2. The maximum Gasteiger partial charge on any atom is 0.318 e. The fraction of sp³-hybridized carbons (Fsp3) is 0.412. The topological polar surface area (TPSA) is 58.4 Å². The van der Waals surface area contributed by atoms with Crippen LogP contribution < -0.4 is 5.32 Å². The molecule has 0 radical (unpaired) electrons. The number of nitrogens with zero attached hydrogens (tertiary/aromatic N) is 2. The molecular formula is C17H21N3O2. The third-order valence-corrected chi connectivity index (χ3v) is 4.07. The van der Waals surface area contributed by atoms with E-state index >= 15 is 0 Å². The van der Waals surface area contributed by atoms with E-state index in [9.17, 15) is 4.79 Å². The first-order chi connectivity index (χ1) is 10.8. The zero-order valence-electron chi connectivity index (χ0n) is 12.8. The van der Waals surface area contributed by atoms with Crippen LogP contribution in [-0.4, -0.2) is 22.6 Å². The van der Waals surface area contributed by atoms with Crippen LogP contribution in [0.4, 0.5) is 4.79 Å². The van der Waals surface area contributed by atoms with Crippen LogP contribution in [0.3, 0.4) is 0 Å². The average molecular weight is 299 g/mol. The lowest BCUT2D eigenvalue weighted by Crippen LogP contribution is -2.39. The Morgan fingerprint density at radius 3 is 2.95 bits per heavy atom. The van der Waals surface area contributed by atoms with Gasteiger partial charge in [0.25, 0.3) is 0 Å². The summed E-state index contributed by atoms with van der Waals surface area (Å²) >= 11 is 0. The minimum Gasteiger partial charge on any atom is -0.359 e. The molecule has 5 heteroatoms. The molecule has 2 heterocycles. The van der Waals surface area contributed by atoms with E-state index in [2.05, 4.69) is 10.5 Å². The number of carbonyl (C=O) groups excluding carboxylic acids is 1. The predicted octanol–water partition coefficient (Wildman–Crippen LogP) is 3.28. The molecule has 1 aromatic heterocycles. The summed E-state index contributed by atoms with van der Waals surface area (Å²) in [6.45, 7) is 3.34. The van der Waals surface area contributed by atoms with Gasteiger partial charge in [0.2, 0.25) is 0 Å². The van der Waals surface area contributed by atoms with Gasteiger partial charge >= 0.3 is 6.03 Å². The summed E-state index contributed by atoms with van der Waals surface area (Å²) in [6.07, 6.45) is 2.76. The maximum absolute atomic E-state index is 12.4. The van der Waals surface area contributed by atoms with Gasteiger partial charge in [-0.1, -0.05) is 42.4 Å². The normalized spacial score (nSPS) is 17.7. The van der Waals surface area contributed by atoms with Crippen LogP contribution in [0.25, 0.3) is 0 Å². The number of urea groups is 1. The summed E-state index contributed by atoms with van der Waals surface area (Å²) in [4.78, 5) is 14.3. The van der Waals surface area contributed by atoms with Gasteiger partial charge in [-0.3, -0.25) is 0 Å². The summed E-state index contributed by atoms with van der Waals surface area (Å²) in [5, 5.41) is 7.02. The molecular weight excluding hydrogens is 278 g/mol. The number of aryl methyl sites for hydroxylation is 1. The van der Waals surface area contributed by atoms with Gasteiger partial charge in [-0.25, -0.2) is 4.79 Å². The summed E-state index contributed by atoms with van der Waals surface area (Å²) in [7, 11) is 0. The number of likely N-dealkylation sites (tertiary alicyclic amines) is 1. The summed E-state index contributed by atoms with van der Waals surface area (Å²) in [5.74, 6) is 0.796. The van der Waals surface area contributed by atoms with Gasteiger partial charge < -0.3 is 14.7 Å². The lowest BCUT2D eigenvalue weighted by Gasteiger charge is -2.23. The largest absolute Gasteiger partial charge is 0.359 e. The van der Waals surface area contributed by atoms with E-state index in [1.54, 1.807) is 0 Å². The van der Waals surface area contributed by atoms with Crippen LogP contribution in [0.2, 0.25) is 0 Å². The lowest BCUT2D eigenvalue weighted by molar-refractivity contribution is 0.182. The summed E-state index contributed by atoms with van der Waals surface area (Å²) in [6, 6.07) is 11.9. The highest BCUT2D eigenvalue weighted by Gasteiger charge is 2.32. The first-order valence-electron chi connectivity index (χ1n) is 7.82. The van der Waals surface area contributed by atoms with Crippen molar-refractivity contribution < 1.29 is 9.32 Å². The van der Waals surface area contributed by atoms with Crippen molar-refractivity contribution in [1.82, 2.24) is 15.4 Å². The van der Waals surface area contributed by atoms with Crippen molar-refractivity contribution >= 4 is 6.03 Å². The molecule has 1 aliphatic rings. The minimum absolute atomic E-state index is 0.00331. The maximum atomic E-state index is 12.4. The molecule has 5 nitrogen and oxygen atoms in total. The van der Waals surface area contributed by atoms with E-state index in [1.165, 1.54) is 0 Å². The van der Waals surface area contributed by atoms with Crippen molar-refractivity contribution in [2.24, 2.45) is 0 Å². The molecule has 1 N–H and O–H groups in total. The molecule has 3 rings (SSSR count). The molecule has 1 atom stereocenters. The Morgan fingerprint density at radius 2 is 2.23 bits per heavy atom. The average Bonchev–Trinajstić information content (AvgIpc) is 3.21. The predicted molar refractivity (Wildman–Crippen MR) is 83.2 cm³/mol. The third-order valence-electron chi connectivity index (χ3n) is 4.07. The van der Waals surface area contributed by atoms with E-state index in [0.717, 1.165) is 42.8 Å². The van der Waals surface area contributed by atoms with Crippen molar-refractivity contribution in [3.05, 3.63) is 53.4 Å². The molecule has 0 spiro atoms. The lowest BCUT2D eigenvalue weighted by atomic mass is 10.1. The third kappa shape index (κ3) is 3.13. The SMILES string of the molecule is CCc1cc([C@H]2CCCN2C(=O)NCc2ccccc2)on1. The number of benzene rings is 1. The molecule has 0 saturated carbocycles. The second kappa shape index (κ2) is 6.64. The zero-order chi connectivity index (χ0) is 15.4. The molecule has 2 aromatic rings. The van der Waals surface area contributed by atoms with Gasteiger partial charge in [0.15, 0.2) is 5.76 Å². The second-order valence-corrected chi connectivity index (χ2v) is 5.57. The molecule has 2 amide bonds. The number of hydrogen-bond acceptors (Lipinski definition) is 3. The Morgan fingerprint density at radius 1 is 1.41 bits per heavy atom. The summed E-state index contributed by atoms with van der Waals surface area (Å²) in [5.41, 5.74) is 2.03. The highest BCUT2D eigenvalue weighted by Crippen LogP contribution is 2.32. The molecule has 0 unspecified atom stereocenters. The molecule has 22 heavy (non-hydrogen) atoms. The number of hydrogen-bond donors (Lipinski definition) is 1. The van der Waals surface area contributed by atoms with E-state index < -0.39 is 0 Å². The van der Waals surface area contributed by atoms with Gasteiger partial charge in [0.05, 0.1) is 11.7 Å². The Labute approximate surface area is 130 Å². The van der Waals surface area contributed by atoms with Crippen LogP contribution in [0.5, 0.6) is 0 Å². The molecule has 0 aliphatic carbocycles. The van der Waals surface area contributed by atoms with E-state index in [-0.39, 0.29) is 12.1 Å².